The van der Waals surface area contributed by atoms with Gasteiger partial charge in [-0.3, -0.25) is 0 Å². The number of hydrogen-bond acceptors (Lipinski definition) is 3. The molecule has 0 saturated heterocycles. The number of rotatable bonds is 8. The Kier molecular flexibility index (Phi) is 7.59. The van der Waals surface area contributed by atoms with Crippen LogP contribution in [0.2, 0.25) is 0 Å². The Morgan fingerprint density at radius 1 is 0.821 bits per heavy atom. The minimum atomic E-state index is -0.710. The monoisotopic (exact) mass is 526 g/mol. The zero-order valence-corrected chi connectivity index (χ0v) is 21.7. The first kappa shape index (κ1) is 26.0. The van der Waals surface area contributed by atoms with Gasteiger partial charge in [0.05, 0.1) is 0 Å². The highest BCUT2D eigenvalue weighted by molar-refractivity contribution is 5.99. The molecule has 0 fully saturated rings. The van der Waals surface area contributed by atoms with Crippen LogP contribution in [-0.4, -0.2) is 28.6 Å². The van der Waals surface area contributed by atoms with Gasteiger partial charge in [-0.05, 0) is 79.6 Å². The summed E-state index contributed by atoms with van der Waals surface area (Å²) in [7, 11) is 0. The summed E-state index contributed by atoms with van der Waals surface area (Å²) in [4.78, 5) is 14.3. The fourth-order valence-corrected chi connectivity index (χ4v) is 4.64. The molecule has 0 N–H and O–H groups in total. The number of carbonyl (C=O) groups excluding carboxylic acids is 1. The van der Waals surface area contributed by atoms with Gasteiger partial charge in [-0.15, -0.1) is 0 Å². The van der Waals surface area contributed by atoms with E-state index in [0.29, 0.717) is 30.6 Å². The topological polar surface area (TPSA) is 43.7 Å². The van der Waals surface area contributed by atoms with Crippen molar-refractivity contribution in [1.82, 2.24) is 9.47 Å². The molecule has 1 amide bonds. The summed E-state index contributed by atoms with van der Waals surface area (Å²) in [5.74, 6) is 0.285. The quantitative estimate of drug-likeness (QED) is 0.204. The van der Waals surface area contributed by atoms with Crippen molar-refractivity contribution in [1.29, 1.82) is 0 Å². The molecule has 39 heavy (non-hydrogen) atoms. The molecule has 4 aromatic carbocycles. The van der Waals surface area contributed by atoms with Crippen LogP contribution in [0, 0.1) is 11.6 Å². The first-order chi connectivity index (χ1) is 18.9. The molecule has 0 aliphatic rings. The number of amides is 1. The Morgan fingerprint density at radius 2 is 1.54 bits per heavy atom. The van der Waals surface area contributed by atoms with Crippen LogP contribution >= 0.6 is 0 Å². The predicted molar refractivity (Wildman–Crippen MR) is 148 cm³/mol. The van der Waals surface area contributed by atoms with Crippen LogP contribution in [0.3, 0.4) is 0 Å². The van der Waals surface area contributed by atoms with E-state index in [0.717, 1.165) is 28.6 Å². The van der Waals surface area contributed by atoms with E-state index < -0.39 is 17.7 Å². The summed E-state index contributed by atoms with van der Waals surface area (Å²) in [5, 5.41) is 0.710. The Balaban J connectivity index is 1.53. The molecule has 0 aliphatic carbocycles. The number of para-hydroxylation sites is 1. The van der Waals surface area contributed by atoms with Gasteiger partial charge in [-0.2, -0.15) is 0 Å². The normalized spacial score (nSPS) is 11.0. The van der Waals surface area contributed by atoms with E-state index in [9.17, 15) is 13.6 Å². The molecule has 5 nitrogen and oxygen atoms in total. The SMILES string of the molecule is CCN(CC)C(=O)Oc1ccc2c(ccn2Cc2cccc(Oc3ccccc3)c2)c1-c1cc(F)cc(F)c1. The first-order valence-corrected chi connectivity index (χ1v) is 12.8. The fraction of sp³-hybridized carbons (Fsp3) is 0.156. The average molecular weight is 527 g/mol. The molecule has 5 aromatic rings. The molecule has 198 valence electrons. The standard InChI is InChI=1S/C32H28F2N2O3/c1-3-35(4-2)32(37)39-30-14-13-29-28(31(30)23-18-24(33)20-25(34)19-23)15-16-36(29)21-22-9-8-12-27(17-22)38-26-10-6-5-7-11-26/h5-20H,3-4,21H2,1-2H3. The van der Waals surface area contributed by atoms with E-state index in [1.807, 2.05) is 91.3 Å². The number of hydrogen-bond donors (Lipinski definition) is 0. The smallest absolute Gasteiger partial charge is 0.415 e. The van der Waals surface area contributed by atoms with E-state index in [1.165, 1.54) is 17.0 Å². The van der Waals surface area contributed by atoms with Crippen molar-refractivity contribution in [2.24, 2.45) is 0 Å². The minimum absolute atomic E-state index is 0.236. The molecular formula is C32H28F2N2O3. The Bertz CT molecular complexity index is 1590. The van der Waals surface area contributed by atoms with Gasteiger partial charge in [0.25, 0.3) is 0 Å². The van der Waals surface area contributed by atoms with E-state index in [-0.39, 0.29) is 11.3 Å². The summed E-state index contributed by atoms with van der Waals surface area (Å²) in [6.07, 6.45) is 1.39. The highest BCUT2D eigenvalue weighted by Gasteiger charge is 2.20. The van der Waals surface area contributed by atoms with Gasteiger partial charge in [0.1, 0.15) is 28.9 Å². The number of benzene rings is 4. The van der Waals surface area contributed by atoms with Crippen molar-refractivity contribution in [2.45, 2.75) is 20.4 Å². The molecule has 1 aromatic heterocycles. The zero-order valence-electron chi connectivity index (χ0n) is 21.7. The lowest BCUT2D eigenvalue weighted by atomic mass is 10.00. The van der Waals surface area contributed by atoms with Gasteiger partial charge in [0.15, 0.2) is 0 Å². The predicted octanol–water partition coefficient (Wildman–Crippen LogP) is 8.27. The van der Waals surface area contributed by atoms with Crippen molar-refractivity contribution in [2.75, 3.05) is 13.1 Å². The maximum atomic E-state index is 14.3. The third-order valence-electron chi connectivity index (χ3n) is 6.52. The average Bonchev–Trinajstić information content (AvgIpc) is 3.32. The molecule has 0 bridgehead atoms. The molecular weight excluding hydrogens is 498 g/mol. The molecule has 0 saturated carbocycles. The van der Waals surface area contributed by atoms with Gasteiger partial charge in [-0.25, -0.2) is 13.6 Å². The van der Waals surface area contributed by atoms with Crippen molar-refractivity contribution in [3.63, 3.8) is 0 Å². The van der Waals surface area contributed by atoms with Gasteiger partial charge in [0.2, 0.25) is 0 Å². The summed E-state index contributed by atoms with van der Waals surface area (Å²) >= 11 is 0. The third kappa shape index (κ3) is 5.77. The maximum absolute atomic E-state index is 14.3. The molecule has 5 rings (SSSR count). The first-order valence-electron chi connectivity index (χ1n) is 12.8. The van der Waals surface area contributed by atoms with Crippen molar-refractivity contribution in [3.05, 3.63) is 114 Å². The fourth-order valence-electron chi connectivity index (χ4n) is 4.64. The maximum Gasteiger partial charge on any atom is 0.415 e. The van der Waals surface area contributed by atoms with Crippen molar-refractivity contribution < 1.29 is 23.0 Å². The highest BCUT2D eigenvalue weighted by atomic mass is 19.1. The van der Waals surface area contributed by atoms with Crippen molar-refractivity contribution in [3.8, 4) is 28.4 Å². The van der Waals surface area contributed by atoms with Crippen LogP contribution in [0.1, 0.15) is 19.4 Å². The minimum Gasteiger partial charge on any atom is -0.457 e. The van der Waals surface area contributed by atoms with Crippen LogP contribution in [-0.2, 0) is 6.54 Å². The second kappa shape index (κ2) is 11.4. The lowest BCUT2D eigenvalue weighted by Gasteiger charge is -2.20. The van der Waals surface area contributed by atoms with Crippen LogP contribution in [0.4, 0.5) is 13.6 Å². The lowest BCUT2D eigenvalue weighted by molar-refractivity contribution is 0.157. The van der Waals surface area contributed by atoms with Crippen LogP contribution in [0.15, 0.2) is 97.2 Å². The molecule has 0 unspecified atom stereocenters. The molecule has 1 heterocycles. The van der Waals surface area contributed by atoms with Crippen LogP contribution in [0.25, 0.3) is 22.0 Å². The number of nitrogens with zero attached hydrogens (tertiary/aromatic N) is 2. The number of ether oxygens (including phenoxy) is 2. The summed E-state index contributed by atoms with van der Waals surface area (Å²) in [6.45, 7) is 5.20. The number of carbonyl (C=O) groups is 1. The molecule has 0 radical (unpaired) electrons. The van der Waals surface area contributed by atoms with Crippen LogP contribution in [0.5, 0.6) is 17.2 Å². The molecule has 7 heteroatoms. The Labute approximate surface area is 225 Å². The Morgan fingerprint density at radius 3 is 2.26 bits per heavy atom. The van der Waals surface area contributed by atoms with Gasteiger partial charge in [-0.1, -0.05) is 30.3 Å². The second-order valence-corrected chi connectivity index (χ2v) is 9.08. The molecule has 0 aliphatic heterocycles. The molecule has 0 spiro atoms. The Hall–Kier alpha value is -4.65. The van der Waals surface area contributed by atoms with Gasteiger partial charge in [0, 0.05) is 48.4 Å². The van der Waals surface area contributed by atoms with E-state index in [1.54, 1.807) is 6.07 Å². The third-order valence-corrected chi connectivity index (χ3v) is 6.52. The number of fused-ring (bicyclic) bond motifs is 1. The van der Waals surface area contributed by atoms with Gasteiger partial charge >= 0.3 is 6.09 Å². The second-order valence-electron chi connectivity index (χ2n) is 9.08. The van der Waals surface area contributed by atoms with Crippen LogP contribution < -0.4 is 9.47 Å². The summed E-state index contributed by atoms with van der Waals surface area (Å²) in [6, 6.07) is 26.1. The van der Waals surface area contributed by atoms with E-state index >= 15 is 0 Å². The summed E-state index contributed by atoms with van der Waals surface area (Å²) in [5.41, 5.74) is 2.57. The molecule has 0 atom stereocenters. The number of aromatic nitrogens is 1. The van der Waals surface area contributed by atoms with Gasteiger partial charge < -0.3 is 18.9 Å². The largest absolute Gasteiger partial charge is 0.457 e. The van der Waals surface area contributed by atoms with E-state index in [4.69, 9.17) is 9.47 Å². The number of halogens is 2. The zero-order chi connectivity index (χ0) is 27.4. The lowest BCUT2D eigenvalue weighted by Crippen LogP contribution is -2.33. The highest BCUT2D eigenvalue weighted by Crippen LogP contribution is 2.39. The summed E-state index contributed by atoms with van der Waals surface area (Å²) < 4.78 is 42.3. The van der Waals surface area contributed by atoms with E-state index in [2.05, 4.69) is 0 Å². The van der Waals surface area contributed by atoms with Crippen molar-refractivity contribution >= 4 is 17.0 Å².